The number of hydrogen-bond acceptors (Lipinski definition) is 6. The van der Waals surface area contributed by atoms with Gasteiger partial charge in [0, 0.05) is 22.8 Å². The van der Waals surface area contributed by atoms with E-state index in [1.807, 2.05) is 30.3 Å². The van der Waals surface area contributed by atoms with Crippen LogP contribution in [0.15, 0.2) is 61.3 Å². The number of aromatic nitrogens is 2. The SMILES string of the molecule is CCc1ccc2c(CSc3nnc(-c4ccc(C)c(C)c4)o3)cc(=O)oc2c1. The summed E-state index contributed by atoms with van der Waals surface area (Å²) in [6, 6.07) is 13.6. The molecule has 2 heterocycles. The standard InChI is InChI=1S/C22H20N2O3S/c1-4-15-6-8-18-17(11-20(25)26-19(18)10-15)12-28-22-24-23-21(27-22)16-7-5-13(2)14(3)9-16/h5-11H,4,12H2,1-3H3. The second kappa shape index (κ2) is 7.64. The molecule has 4 rings (SSSR count). The largest absolute Gasteiger partial charge is 0.423 e. The first-order valence-corrected chi connectivity index (χ1v) is 10.1. The zero-order chi connectivity index (χ0) is 19.7. The Labute approximate surface area is 166 Å². The average Bonchev–Trinajstić information content (AvgIpc) is 3.16. The number of aryl methyl sites for hydroxylation is 3. The summed E-state index contributed by atoms with van der Waals surface area (Å²) in [5, 5.41) is 9.69. The van der Waals surface area contributed by atoms with Gasteiger partial charge in [0.15, 0.2) is 0 Å². The molecular formula is C22H20N2O3S. The predicted octanol–water partition coefficient (Wildman–Crippen LogP) is 5.31. The van der Waals surface area contributed by atoms with Gasteiger partial charge in [0.05, 0.1) is 0 Å². The van der Waals surface area contributed by atoms with Crippen LogP contribution in [0.3, 0.4) is 0 Å². The molecule has 6 heteroatoms. The van der Waals surface area contributed by atoms with Crippen molar-refractivity contribution in [2.75, 3.05) is 0 Å². The third-order valence-electron chi connectivity index (χ3n) is 4.81. The first kappa shape index (κ1) is 18.5. The Bertz CT molecular complexity index is 1210. The van der Waals surface area contributed by atoms with Crippen LogP contribution in [0.1, 0.15) is 29.2 Å². The van der Waals surface area contributed by atoms with E-state index in [2.05, 4.69) is 37.0 Å². The molecule has 5 nitrogen and oxygen atoms in total. The van der Waals surface area contributed by atoms with Crippen LogP contribution in [-0.2, 0) is 12.2 Å². The predicted molar refractivity (Wildman–Crippen MR) is 111 cm³/mol. The maximum atomic E-state index is 11.9. The Morgan fingerprint density at radius 3 is 2.61 bits per heavy atom. The summed E-state index contributed by atoms with van der Waals surface area (Å²) in [4.78, 5) is 11.9. The zero-order valence-electron chi connectivity index (χ0n) is 16.0. The average molecular weight is 392 g/mol. The molecule has 0 saturated heterocycles. The number of rotatable bonds is 5. The quantitative estimate of drug-likeness (QED) is 0.338. The number of thioether (sulfide) groups is 1. The monoisotopic (exact) mass is 392 g/mol. The van der Waals surface area contributed by atoms with E-state index < -0.39 is 0 Å². The van der Waals surface area contributed by atoms with E-state index in [-0.39, 0.29) is 5.63 Å². The van der Waals surface area contributed by atoms with Gasteiger partial charge in [0.25, 0.3) is 5.22 Å². The van der Waals surface area contributed by atoms with Crippen molar-refractivity contribution < 1.29 is 8.83 Å². The van der Waals surface area contributed by atoms with Crippen LogP contribution in [0.25, 0.3) is 22.4 Å². The van der Waals surface area contributed by atoms with Gasteiger partial charge in [-0.1, -0.05) is 36.9 Å². The zero-order valence-corrected chi connectivity index (χ0v) is 16.8. The number of benzene rings is 2. The van der Waals surface area contributed by atoms with Gasteiger partial charge >= 0.3 is 5.63 Å². The summed E-state index contributed by atoms with van der Waals surface area (Å²) < 4.78 is 11.2. The Balaban J connectivity index is 1.57. The summed E-state index contributed by atoms with van der Waals surface area (Å²) in [5.41, 5.74) is 5.60. The van der Waals surface area contributed by atoms with Crippen molar-refractivity contribution in [2.45, 2.75) is 38.2 Å². The fourth-order valence-corrected chi connectivity index (χ4v) is 3.77. The van der Waals surface area contributed by atoms with Gasteiger partial charge in [-0.05, 0) is 60.7 Å². The van der Waals surface area contributed by atoms with Gasteiger partial charge in [0.2, 0.25) is 5.89 Å². The van der Waals surface area contributed by atoms with E-state index in [0.717, 1.165) is 28.5 Å². The van der Waals surface area contributed by atoms with Crippen molar-refractivity contribution in [1.82, 2.24) is 10.2 Å². The Hall–Kier alpha value is -2.86. The molecule has 2 aromatic carbocycles. The molecule has 0 bridgehead atoms. The lowest BCUT2D eigenvalue weighted by Gasteiger charge is -2.05. The van der Waals surface area contributed by atoms with Gasteiger partial charge in [-0.2, -0.15) is 0 Å². The van der Waals surface area contributed by atoms with Gasteiger partial charge in [-0.25, -0.2) is 4.79 Å². The second-order valence-electron chi connectivity index (χ2n) is 6.74. The molecule has 0 radical (unpaired) electrons. The molecule has 142 valence electrons. The smallest absolute Gasteiger partial charge is 0.336 e. The van der Waals surface area contributed by atoms with Crippen LogP contribution in [-0.4, -0.2) is 10.2 Å². The fraction of sp³-hybridized carbons (Fsp3) is 0.227. The van der Waals surface area contributed by atoms with Crippen LogP contribution >= 0.6 is 11.8 Å². The Kier molecular flexibility index (Phi) is 5.05. The third kappa shape index (κ3) is 3.73. The van der Waals surface area contributed by atoms with E-state index in [4.69, 9.17) is 8.83 Å². The molecule has 0 unspecified atom stereocenters. The highest BCUT2D eigenvalue weighted by Gasteiger charge is 2.12. The van der Waals surface area contributed by atoms with Crippen LogP contribution in [0, 0.1) is 13.8 Å². The summed E-state index contributed by atoms with van der Waals surface area (Å²) in [6.45, 7) is 6.20. The van der Waals surface area contributed by atoms with Crippen molar-refractivity contribution in [2.24, 2.45) is 0 Å². The third-order valence-corrected chi connectivity index (χ3v) is 5.68. The van der Waals surface area contributed by atoms with Crippen molar-refractivity contribution in [1.29, 1.82) is 0 Å². The maximum absolute atomic E-state index is 11.9. The molecule has 0 spiro atoms. The molecule has 28 heavy (non-hydrogen) atoms. The lowest BCUT2D eigenvalue weighted by Crippen LogP contribution is -2.00. The minimum Gasteiger partial charge on any atom is -0.423 e. The first-order chi connectivity index (χ1) is 13.5. The van der Waals surface area contributed by atoms with E-state index >= 15 is 0 Å². The van der Waals surface area contributed by atoms with Gasteiger partial charge in [-0.15, -0.1) is 10.2 Å². The molecule has 0 aliphatic carbocycles. The molecule has 2 aromatic heterocycles. The van der Waals surface area contributed by atoms with Crippen LogP contribution in [0.2, 0.25) is 0 Å². The highest BCUT2D eigenvalue weighted by molar-refractivity contribution is 7.98. The lowest BCUT2D eigenvalue weighted by molar-refractivity contribution is 0.466. The maximum Gasteiger partial charge on any atom is 0.336 e. The van der Waals surface area contributed by atoms with E-state index in [1.54, 1.807) is 0 Å². The van der Waals surface area contributed by atoms with Crippen molar-refractivity contribution in [3.63, 3.8) is 0 Å². The van der Waals surface area contributed by atoms with Crippen molar-refractivity contribution in [3.05, 3.63) is 75.1 Å². The molecule has 0 atom stereocenters. The topological polar surface area (TPSA) is 69.1 Å². The molecule has 4 aromatic rings. The lowest BCUT2D eigenvalue weighted by atomic mass is 10.1. The molecule has 0 aliphatic heterocycles. The van der Waals surface area contributed by atoms with Gasteiger partial charge in [0.1, 0.15) is 5.58 Å². The summed E-state index contributed by atoms with van der Waals surface area (Å²) in [5.74, 6) is 1.04. The molecule has 0 N–H and O–H groups in total. The van der Waals surface area contributed by atoms with Gasteiger partial charge in [-0.3, -0.25) is 0 Å². The summed E-state index contributed by atoms with van der Waals surface area (Å²) in [6.07, 6.45) is 0.891. The fourth-order valence-electron chi connectivity index (χ4n) is 3.01. The second-order valence-corrected chi connectivity index (χ2v) is 7.66. The van der Waals surface area contributed by atoms with Crippen molar-refractivity contribution >= 4 is 22.7 Å². The van der Waals surface area contributed by atoms with E-state index in [1.165, 1.54) is 29.0 Å². The molecule has 0 amide bonds. The molecule has 0 fully saturated rings. The highest BCUT2D eigenvalue weighted by atomic mass is 32.2. The molecular weight excluding hydrogens is 372 g/mol. The van der Waals surface area contributed by atoms with Gasteiger partial charge < -0.3 is 8.83 Å². The highest BCUT2D eigenvalue weighted by Crippen LogP contribution is 2.29. The number of nitrogens with zero attached hydrogens (tertiary/aromatic N) is 2. The molecule has 0 aliphatic rings. The Morgan fingerprint density at radius 2 is 1.82 bits per heavy atom. The normalized spacial score (nSPS) is 11.2. The van der Waals surface area contributed by atoms with Crippen LogP contribution in [0.5, 0.6) is 0 Å². The van der Waals surface area contributed by atoms with E-state index in [9.17, 15) is 4.79 Å². The Morgan fingerprint density at radius 1 is 0.964 bits per heavy atom. The summed E-state index contributed by atoms with van der Waals surface area (Å²) >= 11 is 1.41. The number of fused-ring (bicyclic) bond motifs is 1. The minimum absolute atomic E-state index is 0.349. The minimum atomic E-state index is -0.349. The van der Waals surface area contributed by atoms with E-state index in [0.29, 0.717) is 22.4 Å². The van der Waals surface area contributed by atoms with Crippen molar-refractivity contribution in [3.8, 4) is 11.5 Å². The first-order valence-electron chi connectivity index (χ1n) is 9.13. The van der Waals surface area contributed by atoms with Crippen LogP contribution in [0.4, 0.5) is 0 Å². The summed E-state index contributed by atoms with van der Waals surface area (Å²) in [7, 11) is 0. The number of hydrogen-bond donors (Lipinski definition) is 0. The van der Waals surface area contributed by atoms with Crippen LogP contribution < -0.4 is 5.63 Å². The molecule has 0 saturated carbocycles.